The van der Waals surface area contributed by atoms with Gasteiger partial charge in [-0.3, -0.25) is 0 Å². The van der Waals surface area contributed by atoms with Crippen LogP contribution < -0.4 is 5.73 Å². The van der Waals surface area contributed by atoms with Crippen molar-refractivity contribution in [1.82, 2.24) is 15.0 Å². The number of nitrogens with zero attached hydrogens (tertiary/aromatic N) is 2. The van der Waals surface area contributed by atoms with Crippen molar-refractivity contribution in [3.63, 3.8) is 0 Å². The fraction of sp³-hybridized carbons (Fsp3) is 0.667. The highest BCUT2D eigenvalue weighted by atomic mass is 32.1. The van der Waals surface area contributed by atoms with Gasteiger partial charge < -0.3 is 10.7 Å². The fourth-order valence-electron chi connectivity index (χ4n) is 2.03. The van der Waals surface area contributed by atoms with Gasteiger partial charge >= 0.3 is 0 Å². The van der Waals surface area contributed by atoms with Gasteiger partial charge in [-0.05, 0) is 18.1 Å². The molecule has 0 aliphatic heterocycles. The lowest BCUT2D eigenvalue weighted by atomic mass is 10.0. The molecule has 14 heavy (non-hydrogen) atoms. The minimum atomic E-state index is 0.342. The summed E-state index contributed by atoms with van der Waals surface area (Å²) in [5.74, 6) is 2.00. The molecule has 0 saturated heterocycles. The predicted molar refractivity (Wildman–Crippen MR) is 57.3 cm³/mol. The van der Waals surface area contributed by atoms with Crippen LogP contribution in [0.15, 0.2) is 0 Å². The summed E-state index contributed by atoms with van der Waals surface area (Å²) in [6, 6.07) is 0. The van der Waals surface area contributed by atoms with E-state index in [0.29, 0.717) is 10.7 Å². The van der Waals surface area contributed by atoms with E-state index in [-0.39, 0.29) is 0 Å². The molecule has 76 valence electrons. The number of nitrogens with one attached hydrogen (secondary N) is 1. The van der Waals surface area contributed by atoms with Crippen molar-refractivity contribution in [2.24, 2.45) is 5.92 Å². The third-order valence-electron chi connectivity index (χ3n) is 2.68. The van der Waals surface area contributed by atoms with E-state index in [1.54, 1.807) is 0 Å². The van der Waals surface area contributed by atoms with Crippen LogP contribution in [0.4, 0.5) is 5.95 Å². The molecule has 3 N–H and O–H groups in total. The van der Waals surface area contributed by atoms with Crippen LogP contribution in [0.3, 0.4) is 0 Å². The first kappa shape index (κ1) is 9.58. The highest BCUT2D eigenvalue weighted by Crippen LogP contribution is 2.26. The average molecular weight is 210 g/mol. The Hall–Kier alpha value is -0.970. The van der Waals surface area contributed by atoms with E-state index in [1.165, 1.54) is 25.7 Å². The molecule has 0 aromatic carbocycles. The van der Waals surface area contributed by atoms with E-state index < -0.39 is 0 Å². The molecule has 0 unspecified atom stereocenters. The highest BCUT2D eigenvalue weighted by Gasteiger charge is 2.16. The van der Waals surface area contributed by atoms with Crippen molar-refractivity contribution in [2.45, 2.75) is 32.1 Å². The second kappa shape index (κ2) is 4.04. The summed E-state index contributed by atoms with van der Waals surface area (Å²) in [6.45, 7) is 0. The minimum absolute atomic E-state index is 0.342. The molecule has 0 atom stereocenters. The van der Waals surface area contributed by atoms with Crippen molar-refractivity contribution in [3.05, 3.63) is 10.6 Å². The van der Waals surface area contributed by atoms with Gasteiger partial charge in [-0.1, -0.05) is 25.7 Å². The van der Waals surface area contributed by atoms with Crippen LogP contribution in [0, 0.1) is 10.7 Å². The first-order valence-electron chi connectivity index (χ1n) is 4.97. The lowest BCUT2D eigenvalue weighted by Crippen LogP contribution is -2.07. The topological polar surface area (TPSA) is 67.6 Å². The van der Waals surface area contributed by atoms with Gasteiger partial charge in [0.1, 0.15) is 5.82 Å². The zero-order valence-electron chi connectivity index (χ0n) is 7.99. The maximum atomic E-state index is 5.56. The Morgan fingerprint density at radius 1 is 1.36 bits per heavy atom. The molecule has 0 spiro atoms. The maximum absolute atomic E-state index is 5.56. The summed E-state index contributed by atoms with van der Waals surface area (Å²) in [7, 11) is 0. The average Bonchev–Trinajstić information content (AvgIpc) is 2.54. The smallest absolute Gasteiger partial charge is 0.224 e. The Bertz CT molecular complexity index is 367. The molecular formula is C9H14N4S. The third kappa shape index (κ3) is 2.29. The van der Waals surface area contributed by atoms with E-state index in [1.807, 2.05) is 0 Å². The molecule has 0 bridgehead atoms. The summed E-state index contributed by atoms with van der Waals surface area (Å²) >= 11 is 4.91. The second-order valence-electron chi connectivity index (χ2n) is 3.82. The Labute approximate surface area is 88.0 Å². The summed E-state index contributed by atoms with van der Waals surface area (Å²) in [5, 5.41) is 0. The third-order valence-corrected chi connectivity index (χ3v) is 2.86. The van der Waals surface area contributed by atoms with Gasteiger partial charge in [0.15, 0.2) is 0 Å². The van der Waals surface area contributed by atoms with Crippen LogP contribution in [0.25, 0.3) is 0 Å². The molecule has 0 amide bonds. The van der Waals surface area contributed by atoms with Crippen LogP contribution >= 0.6 is 12.2 Å². The fourth-order valence-corrected chi connectivity index (χ4v) is 2.24. The molecule has 1 saturated carbocycles. The second-order valence-corrected chi connectivity index (χ2v) is 4.18. The SMILES string of the molecule is Nc1nc(=S)nc(CC2CCCC2)[nH]1. The van der Waals surface area contributed by atoms with E-state index in [2.05, 4.69) is 15.0 Å². The number of rotatable bonds is 2. The number of anilines is 1. The highest BCUT2D eigenvalue weighted by molar-refractivity contribution is 7.71. The number of aromatic nitrogens is 3. The molecule has 2 rings (SSSR count). The normalized spacial score (nSPS) is 17.4. The van der Waals surface area contributed by atoms with Gasteiger partial charge in [0, 0.05) is 6.42 Å². The van der Waals surface area contributed by atoms with Crippen molar-refractivity contribution in [1.29, 1.82) is 0 Å². The lowest BCUT2D eigenvalue weighted by Gasteiger charge is -2.07. The van der Waals surface area contributed by atoms with Gasteiger partial charge in [0.2, 0.25) is 10.7 Å². The summed E-state index contributed by atoms with van der Waals surface area (Å²) in [4.78, 5) is 11.0. The number of H-pyrrole nitrogens is 1. The Morgan fingerprint density at radius 3 is 2.71 bits per heavy atom. The largest absolute Gasteiger partial charge is 0.369 e. The van der Waals surface area contributed by atoms with Crippen molar-refractivity contribution < 1.29 is 0 Å². The lowest BCUT2D eigenvalue weighted by molar-refractivity contribution is 0.529. The van der Waals surface area contributed by atoms with E-state index in [0.717, 1.165) is 18.2 Å². The van der Waals surface area contributed by atoms with Crippen LogP contribution in [-0.2, 0) is 6.42 Å². The maximum Gasteiger partial charge on any atom is 0.224 e. The molecule has 1 heterocycles. The van der Waals surface area contributed by atoms with Gasteiger partial charge in [-0.25, -0.2) is 4.98 Å². The van der Waals surface area contributed by atoms with Crippen molar-refractivity contribution in [3.8, 4) is 0 Å². The molecular weight excluding hydrogens is 196 g/mol. The number of hydrogen-bond donors (Lipinski definition) is 2. The van der Waals surface area contributed by atoms with Gasteiger partial charge in [0.25, 0.3) is 0 Å². The molecule has 1 aromatic rings. The molecule has 1 aromatic heterocycles. The van der Waals surface area contributed by atoms with Crippen LogP contribution in [0.1, 0.15) is 31.5 Å². The number of nitrogens with two attached hydrogens (primary N) is 1. The molecule has 1 fully saturated rings. The molecule has 4 nitrogen and oxygen atoms in total. The number of nitrogen functional groups attached to an aromatic ring is 1. The number of aromatic amines is 1. The molecule has 1 aliphatic rings. The van der Waals surface area contributed by atoms with Gasteiger partial charge in [-0.15, -0.1) is 0 Å². The monoisotopic (exact) mass is 210 g/mol. The van der Waals surface area contributed by atoms with Crippen LogP contribution in [0.2, 0.25) is 0 Å². The molecule has 1 aliphatic carbocycles. The van der Waals surface area contributed by atoms with E-state index >= 15 is 0 Å². The summed E-state index contributed by atoms with van der Waals surface area (Å²) in [5.41, 5.74) is 5.56. The van der Waals surface area contributed by atoms with Crippen molar-refractivity contribution >= 4 is 18.2 Å². The predicted octanol–water partition coefficient (Wildman–Crippen LogP) is 1.85. The zero-order valence-corrected chi connectivity index (χ0v) is 8.81. The van der Waals surface area contributed by atoms with Gasteiger partial charge in [0.05, 0.1) is 0 Å². The van der Waals surface area contributed by atoms with E-state index in [4.69, 9.17) is 18.0 Å². The summed E-state index contributed by atoms with van der Waals surface area (Å²) in [6.07, 6.45) is 6.23. The molecule has 0 radical (unpaired) electrons. The molecule has 5 heteroatoms. The first-order chi connectivity index (χ1) is 6.74. The Morgan fingerprint density at radius 2 is 2.07 bits per heavy atom. The number of hydrogen-bond acceptors (Lipinski definition) is 4. The Balaban J connectivity index is 2.11. The Kier molecular flexibility index (Phi) is 2.77. The summed E-state index contributed by atoms with van der Waals surface area (Å²) < 4.78 is 0.342. The first-order valence-corrected chi connectivity index (χ1v) is 5.37. The standard InChI is InChI=1S/C9H14N4S/c10-8-11-7(12-9(14)13-8)5-6-3-1-2-4-6/h6H,1-5H2,(H3,10,11,12,13,14). The minimum Gasteiger partial charge on any atom is -0.369 e. The zero-order chi connectivity index (χ0) is 9.97. The van der Waals surface area contributed by atoms with Crippen LogP contribution in [-0.4, -0.2) is 15.0 Å². The van der Waals surface area contributed by atoms with Gasteiger partial charge in [-0.2, -0.15) is 4.98 Å². The quantitative estimate of drug-likeness (QED) is 0.731. The van der Waals surface area contributed by atoms with E-state index in [9.17, 15) is 0 Å². The van der Waals surface area contributed by atoms with Crippen molar-refractivity contribution in [2.75, 3.05) is 5.73 Å². The van der Waals surface area contributed by atoms with Crippen LogP contribution in [0.5, 0.6) is 0 Å².